The predicted molar refractivity (Wildman–Crippen MR) is 127 cm³/mol. The Hall–Kier alpha value is -3.70. The molecule has 11 nitrogen and oxygen atoms in total. The van der Waals surface area contributed by atoms with Gasteiger partial charge in [-0.1, -0.05) is 6.07 Å². The lowest BCUT2D eigenvalue weighted by molar-refractivity contribution is -0.118. The largest absolute Gasteiger partial charge is 0.457 e. The Morgan fingerprint density at radius 1 is 1.17 bits per heavy atom. The van der Waals surface area contributed by atoms with Gasteiger partial charge < -0.3 is 14.7 Å². The Morgan fingerprint density at radius 2 is 2.00 bits per heavy atom. The molecule has 2 saturated heterocycles. The van der Waals surface area contributed by atoms with E-state index in [9.17, 15) is 14.7 Å². The Balaban J connectivity index is 1.08. The van der Waals surface area contributed by atoms with Crippen molar-refractivity contribution in [2.75, 3.05) is 31.1 Å². The lowest BCUT2D eigenvalue weighted by Crippen LogP contribution is -2.43. The Kier molecular flexibility index (Phi) is 5.53. The molecule has 0 bridgehead atoms. The van der Waals surface area contributed by atoms with Gasteiger partial charge in [-0.2, -0.15) is 4.68 Å². The van der Waals surface area contributed by atoms with Gasteiger partial charge in [-0.25, -0.2) is 9.78 Å². The number of amides is 1. The molecule has 2 aromatic heterocycles. The van der Waals surface area contributed by atoms with Crippen molar-refractivity contribution in [1.29, 1.82) is 0 Å². The maximum Gasteiger partial charge on any atom is 0.338 e. The number of nitrogens with zero attached hydrogens (tertiary/aromatic N) is 7. The number of tetrazole rings is 1. The number of hydrogen-bond donors (Lipinski definition) is 1. The molecule has 186 valence electrons. The molecule has 3 aliphatic rings. The topological polar surface area (TPSA) is 127 Å². The average Bonchev–Trinajstić information content (AvgIpc) is 3.62. The second-order valence-corrected chi connectivity index (χ2v) is 9.98. The Labute approximate surface area is 207 Å². The van der Waals surface area contributed by atoms with Crippen molar-refractivity contribution in [3.8, 4) is 5.69 Å². The third-order valence-corrected chi connectivity index (χ3v) is 7.86. The molecule has 1 atom stereocenters. The minimum atomic E-state index is -0.648. The van der Waals surface area contributed by atoms with Crippen LogP contribution in [0, 0.1) is 12.3 Å². The van der Waals surface area contributed by atoms with Crippen LogP contribution >= 0.6 is 0 Å². The molecule has 1 unspecified atom stereocenters. The number of β-amino-alcohol motifs (C(OH)–C–C–N with tert-alkyl or cyclic N) is 1. The molecular formula is C25H27N7O4. The number of fused-ring (bicyclic) bond motifs is 1. The summed E-state index contributed by atoms with van der Waals surface area (Å²) >= 11 is 0. The zero-order chi connectivity index (χ0) is 24.9. The van der Waals surface area contributed by atoms with E-state index in [-0.39, 0.29) is 23.9 Å². The van der Waals surface area contributed by atoms with E-state index in [4.69, 9.17) is 4.74 Å². The highest BCUT2D eigenvalue weighted by Gasteiger charge is 2.45. The van der Waals surface area contributed by atoms with Crippen LogP contribution in [0.5, 0.6) is 0 Å². The fourth-order valence-electron chi connectivity index (χ4n) is 5.67. The minimum Gasteiger partial charge on any atom is -0.457 e. The maximum absolute atomic E-state index is 12.9. The molecule has 1 spiro atoms. The molecule has 36 heavy (non-hydrogen) atoms. The van der Waals surface area contributed by atoms with Gasteiger partial charge in [-0.15, -0.1) is 5.10 Å². The van der Waals surface area contributed by atoms with Crippen molar-refractivity contribution in [3.05, 3.63) is 59.0 Å². The fraction of sp³-hybridized carbons (Fsp3) is 0.440. The van der Waals surface area contributed by atoms with Gasteiger partial charge in [0.1, 0.15) is 18.8 Å². The summed E-state index contributed by atoms with van der Waals surface area (Å²) in [6.45, 7) is 5.00. The first-order valence-corrected chi connectivity index (χ1v) is 12.1. The van der Waals surface area contributed by atoms with Gasteiger partial charge in [0.15, 0.2) is 0 Å². The molecule has 0 radical (unpaired) electrons. The van der Waals surface area contributed by atoms with Gasteiger partial charge >= 0.3 is 5.97 Å². The number of carbonyl (C=O) groups excluding carboxylic acids is 2. The van der Waals surface area contributed by atoms with Crippen LogP contribution in [0.1, 0.15) is 52.4 Å². The van der Waals surface area contributed by atoms with Crippen LogP contribution in [0.4, 0.5) is 5.82 Å². The Morgan fingerprint density at radius 3 is 2.72 bits per heavy atom. The number of carbonyl (C=O) groups is 2. The molecular weight excluding hydrogens is 462 g/mol. The molecule has 0 saturated carbocycles. The number of ether oxygens (including phenoxy) is 1. The molecule has 2 fully saturated rings. The van der Waals surface area contributed by atoms with E-state index in [1.165, 1.54) is 11.0 Å². The zero-order valence-corrected chi connectivity index (χ0v) is 20.0. The Bertz CT molecular complexity index is 1300. The summed E-state index contributed by atoms with van der Waals surface area (Å²) in [5, 5.41) is 22.1. The van der Waals surface area contributed by atoms with Gasteiger partial charge in [0.25, 0.3) is 0 Å². The van der Waals surface area contributed by atoms with Gasteiger partial charge in [0, 0.05) is 25.1 Å². The molecule has 6 rings (SSSR count). The predicted octanol–water partition coefficient (Wildman–Crippen LogP) is 1.59. The number of aliphatic hydroxyl groups excluding tert-OH is 1. The van der Waals surface area contributed by atoms with Crippen LogP contribution in [0.2, 0.25) is 0 Å². The summed E-state index contributed by atoms with van der Waals surface area (Å²) in [6.07, 6.45) is 4.80. The summed E-state index contributed by atoms with van der Waals surface area (Å²) in [7, 11) is 0. The molecule has 0 aliphatic carbocycles. The van der Waals surface area contributed by atoms with Crippen molar-refractivity contribution in [1.82, 2.24) is 30.1 Å². The number of likely N-dealkylation sites (tertiary alicyclic amines) is 1. The van der Waals surface area contributed by atoms with E-state index in [0.717, 1.165) is 48.3 Å². The normalized spacial score (nSPS) is 20.1. The van der Waals surface area contributed by atoms with Crippen LogP contribution in [0.15, 0.2) is 36.8 Å². The quantitative estimate of drug-likeness (QED) is 0.532. The molecule has 1 N–H and O–H groups in total. The van der Waals surface area contributed by atoms with Crippen molar-refractivity contribution < 1.29 is 19.4 Å². The number of esters is 1. The standard InChI is InChI=1S/C25H27N7O4/c1-16-18(3-4-19-20(16)13-36-24(19)35)21(33)12-30-8-6-25(7-9-30)10-23(34)31(14-25)22-5-2-17(11-26-22)32-15-27-28-29-32/h2-5,11,15,21,33H,6-10,12-14H2,1H3. The first-order valence-electron chi connectivity index (χ1n) is 12.1. The number of rotatable bonds is 5. The van der Waals surface area contributed by atoms with Crippen LogP contribution in [-0.2, 0) is 16.1 Å². The minimum absolute atomic E-state index is 0.0735. The average molecular weight is 490 g/mol. The lowest BCUT2D eigenvalue weighted by Gasteiger charge is -2.39. The van der Waals surface area contributed by atoms with E-state index in [1.54, 1.807) is 17.2 Å². The summed E-state index contributed by atoms with van der Waals surface area (Å²) in [4.78, 5) is 33.3. The highest BCUT2D eigenvalue weighted by atomic mass is 16.5. The second kappa shape index (κ2) is 8.75. The van der Waals surface area contributed by atoms with Crippen LogP contribution in [0.3, 0.4) is 0 Å². The number of benzene rings is 1. The summed E-state index contributed by atoms with van der Waals surface area (Å²) in [6, 6.07) is 7.27. The van der Waals surface area contributed by atoms with E-state index in [1.807, 2.05) is 25.1 Å². The number of cyclic esters (lactones) is 1. The molecule has 3 aromatic rings. The fourth-order valence-corrected chi connectivity index (χ4v) is 5.67. The monoisotopic (exact) mass is 489 g/mol. The van der Waals surface area contributed by atoms with Crippen molar-refractivity contribution in [2.45, 2.75) is 38.9 Å². The van der Waals surface area contributed by atoms with Crippen molar-refractivity contribution >= 4 is 17.7 Å². The summed E-state index contributed by atoms with van der Waals surface area (Å²) < 4.78 is 6.66. The molecule has 3 aliphatic heterocycles. The SMILES string of the molecule is Cc1c(C(O)CN2CCC3(CC2)CC(=O)N(c2ccc(-n4cnnn4)cn2)C3)ccc2c1COC2=O. The number of aliphatic hydroxyl groups is 1. The number of piperidine rings is 1. The van der Waals surface area contributed by atoms with E-state index < -0.39 is 6.10 Å². The highest BCUT2D eigenvalue weighted by Crippen LogP contribution is 2.42. The molecule has 1 amide bonds. The van der Waals surface area contributed by atoms with Crippen LogP contribution < -0.4 is 4.90 Å². The third-order valence-electron chi connectivity index (χ3n) is 7.86. The first kappa shape index (κ1) is 22.7. The van der Waals surface area contributed by atoms with E-state index in [2.05, 4.69) is 25.4 Å². The third kappa shape index (κ3) is 3.94. The first-order chi connectivity index (χ1) is 17.4. The second-order valence-electron chi connectivity index (χ2n) is 9.98. The van der Waals surface area contributed by atoms with Crippen LogP contribution in [0.25, 0.3) is 5.69 Å². The highest BCUT2D eigenvalue weighted by molar-refractivity contribution is 5.95. The van der Waals surface area contributed by atoms with Crippen LogP contribution in [-0.4, -0.2) is 73.3 Å². The number of hydrogen-bond acceptors (Lipinski definition) is 9. The smallest absolute Gasteiger partial charge is 0.338 e. The summed E-state index contributed by atoms with van der Waals surface area (Å²) in [5.41, 5.74) is 3.89. The molecule has 1 aromatic carbocycles. The number of pyridine rings is 1. The summed E-state index contributed by atoms with van der Waals surface area (Å²) in [5.74, 6) is 0.437. The maximum atomic E-state index is 12.9. The molecule has 11 heteroatoms. The lowest BCUT2D eigenvalue weighted by atomic mass is 9.77. The van der Waals surface area contributed by atoms with Crippen molar-refractivity contribution in [3.63, 3.8) is 0 Å². The van der Waals surface area contributed by atoms with Gasteiger partial charge in [-0.3, -0.25) is 9.69 Å². The van der Waals surface area contributed by atoms with E-state index in [0.29, 0.717) is 30.9 Å². The van der Waals surface area contributed by atoms with Gasteiger partial charge in [-0.05, 0) is 78.0 Å². The number of aromatic nitrogens is 5. The van der Waals surface area contributed by atoms with Gasteiger partial charge in [0.05, 0.1) is 23.6 Å². The van der Waals surface area contributed by atoms with Gasteiger partial charge in [0.2, 0.25) is 5.91 Å². The number of anilines is 1. The van der Waals surface area contributed by atoms with E-state index >= 15 is 0 Å². The zero-order valence-electron chi connectivity index (χ0n) is 20.0. The van der Waals surface area contributed by atoms with Crippen molar-refractivity contribution in [2.24, 2.45) is 5.41 Å². The molecule has 5 heterocycles.